The molecule has 0 unspecified atom stereocenters. The molecular formula is C15H19N3S. The van der Waals surface area contributed by atoms with Gasteiger partial charge in [-0.25, -0.2) is 4.98 Å². The second kappa shape index (κ2) is 5.29. The molecule has 3 rings (SSSR count). The lowest BCUT2D eigenvalue weighted by Crippen LogP contribution is -2.02. The molecule has 2 aromatic heterocycles. The molecule has 4 heteroatoms. The molecule has 3 nitrogen and oxygen atoms in total. The van der Waals surface area contributed by atoms with Crippen LogP contribution in [0.25, 0.3) is 11.2 Å². The number of aryl methyl sites for hydroxylation is 2. The van der Waals surface area contributed by atoms with E-state index in [0.29, 0.717) is 0 Å². The molecule has 2 aromatic rings. The zero-order valence-corrected chi connectivity index (χ0v) is 12.1. The van der Waals surface area contributed by atoms with Crippen LogP contribution in [0.1, 0.15) is 37.7 Å². The topological polar surface area (TPSA) is 33.6 Å². The molecule has 0 bridgehead atoms. The number of nitrogens with zero attached hydrogens (tertiary/aromatic N) is 2. The van der Waals surface area contributed by atoms with Crippen LogP contribution in [0, 0.1) is 11.7 Å². The Labute approximate surface area is 118 Å². The Morgan fingerprint density at radius 1 is 1.42 bits per heavy atom. The predicted octanol–water partition coefficient (Wildman–Crippen LogP) is 4.29. The highest BCUT2D eigenvalue weighted by atomic mass is 32.1. The van der Waals surface area contributed by atoms with Crippen molar-refractivity contribution in [3.05, 3.63) is 34.2 Å². The second-order valence-corrected chi connectivity index (χ2v) is 5.71. The summed E-state index contributed by atoms with van der Waals surface area (Å²) >= 11 is 5.41. The van der Waals surface area contributed by atoms with E-state index in [1.807, 2.05) is 13.1 Å². The summed E-state index contributed by atoms with van der Waals surface area (Å²) in [6, 6.07) is 2.11. The number of pyridine rings is 1. The van der Waals surface area contributed by atoms with Crippen molar-refractivity contribution >= 4 is 23.4 Å². The average Bonchev–Trinajstić information content (AvgIpc) is 2.72. The molecule has 0 aliphatic heterocycles. The number of aromatic amines is 1. The molecule has 19 heavy (non-hydrogen) atoms. The molecule has 1 aliphatic rings. The Morgan fingerprint density at radius 3 is 3.11 bits per heavy atom. The van der Waals surface area contributed by atoms with Gasteiger partial charge < -0.3 is 9.55 Å². The Bertz CT molecular complexity index is 678. The van der Waals surface area contributed by atoms with Gasteiger partial charge in [-0.1, -0.05) is 11.6 Å². The minimum absolute atomic E-state index is 0.782. The monoisotopic (exact) mass is 273 g/mol. The Kier molecular flexibility index (Phi) is 3.51. The van der Waals surface area contributed by atoms with Gasteiger partial charge in [0.15, 0.2) is 10.4 Å². The summed E-state index contributed by atoms with van der Waals surface area (Å²) < 4.78 is 2.91. The SMILES string of the molecule is Cc1cnc2c(c1)[nH]c(=S)n2CCC1=CCCCC1. The minimum Gasteiger partial charge on any atom is -0.329 e. The van der Waals surface area contributed by atoms with E-state index in [9.17, 15) is 0 Å². The van der Waals surface area contributed by atoms with E-state index >= 15 is 0 Å². The smallest absolute Gasteiger partial charge is 0.179 e. The van der Waals surface area contributed by atoms with Crippen LogP contribution in [0.3, 0.4) is 0 Å². The Hall–Kier alpha value is -1.42. The number of hydrogen-bond acceptors (Lipinski definition) is 2. The molecule has 0 amide bonds. The standard InChI is InChI=1S/C15H19N3S/c1-11-9-13-14(16-10-11)18(15(19)17-13)8-7-12-5-3-2-4-6-12/h5,9-10H,2-4,6-8H2,1H3,(H,17,19). The molecule has 100 valence electrons. The van der Waals surface area contributed by atoms with Gasteiger partial charge in [0.1, 0.15) is 0 Å². The van der Waals surface area contributed by atoms with Gasteiger partial charge in [0, 0.05) is 12.7 Å². The van der Waals surface area contributed by atoms with Gasteiger partial charge in [-0.15, -0.1) is 0 Å². The van der Waals surface area contributed by atoms with Crippen molar-refractivity contribution in [1.29, 1.82) is 0 Å². The van der Waals surface area contributed by atoms with E-state index in [4.69, 9.17) is 12.2 Å². The van der Waals surface area contributed by atoms with Crippen LogP contribution in [-0.4, -0.2) is 14.5 Å². The van der Waals surface area contributed by atoms with Crippen LogP contribution in [0.4, 0.5) is 0 Å². The molecule has 1 N–H and O–H groups in total. The van der Waals surface area contributed by atoms with Crippen LogP contribution in [0.5, 0.6) is 0 Å². The highest BCUT2D eigenvalue weighted by Crippen LogP contribution is 2.22. The van der Waals surface area contributed by atoms with Crippen molar-refractivity contribution in [2.45, 2.75) is 45.6 Å². The van der Waals surface area contributed by atoms with Crippen LogP contribution in [0.2, 0.25) is 0 Å². The molecule has 0 spiro atoms. The molecule has 0 fully saturated rings. The Morgan fingerprint density at radius 2 is 2.32 bits per heavy atom. The van der Waals surface area contributed by atoms with Crippen LogP contribution >= 0.6 is 12.2 Å². The summed E-state index contributed by atoms with van der Waals surface area (Å²) in [6.45, 7) is 2.98. The molecular weight excluding hydrogens is 254 g/mol. The molecule has 0 saturated carbocycles. The van der Waals surface area contributed by atoms with Gasteiger partial charge >= 0.3 is 0 Å². The fourth-order valence-corrected chi connectivity index (χ4v) is 3.03. The molecule has 0 radical (unpaired) electrons. The highest BCUT2D eigenvalue weighted by molar-refractivity contribution is 7.71. The fraction of sp³-hybridized carbons (Fsp3) is 0.467. The van der Waals surface area contributed by atoms with Gasteiger partial charge in [0.25, 0.3) is 0 Å². The van der Waals surface area contributed by atoms with E-state index in [0.717, 1.165) is 34.5 Å². The summed E-state index contributed by atoms with van der Waals surface area (Å²) in [6.07, 6.45) is 10.6. The largest absolute Gasteiger partial charge is 0.329 e. The average molecular weight is 273 g/mol. The van der Waals surface area contributed by atoms with E-state index in [-0.39, 0.29) is 0 Å². The van der Waals surface area contributed by atoms with Crippen molar-refractivity contribution < 1.29 is 0 Å². The van der Waals surface area contributed by atoms with E-state index < -0.39 is 0 Å². The lowest BCUT2D eigenvalue weighted by molar-refractivity contribution is 0.627. The normalized spacial score (nSPS) is 15.7. The third-order valence-electron chi connectivity index (χ3n) is 3.79. The third kappa shape index (κ3) is 2.63. The van der Waals surface area contributed by atoms with Crippen molar-refractivity contribution in [1.82, 2.24) is 14.5 Å². The molecule has 0 saturated heterocycles. The van der Waals surface area contributed by atoms with Crippen molar-refractivity contribution in [2.75, 3.05) is 0 Å². The van der Waals surface area contributed by atoms with E-state index in [1.54, 1.807) is 5.57 Å². The number of aromatic nitrogens is 3. The van der Waals surface area contributed by atoms with Gasteiger partial charge in [-0.3, -0.25) is 0 Å². The first-order chi connectivity index (χ1) is 9.24. The first-order valence-electron chi connectivity index (χ1n) is 6.97. The maximum atomic E-state index is 5.41. The quantitative estimate of drug-likeness (QED) is 0.668. The Balaban J connectivity index is 1.86. The van der Waals surface area contributed by atoms with Crippen LogP contribution in [0.15, 0.2) is 23.9 Å². The molecule has 2 heterocycles. The number of H-pyrrole nitrogens is 1. The van der Waals surface area contributed by atoms with Gasteiger partial charge in [0.2, 0.25) is 0 Å². The number of rotatable bonds is 3. The minimum atomic E-state index is 0.782. The summed E-state index contributed by atoms with van der Waals surface area (Å²) in [5, 5.41) is 0. The zero-order chi connectivity index (χ0) is 13.2. The number of hydrogen-bond donors (Lipinski definition) is 1. The maximum absolute atomic E-state index is 5.41. The van der Waals surface area contributed by atoms with Gasteiger partial charge in [0.05, 0.1) is 5.52 Å². The highest BCUT2D eigenvalue weighted by Gasteiger charge is 2.08. The number of imidazole rings is 1. The molecule has 0 atom stereocenters. The first-order valence-corrected chi connectivity index (χ1v) is 7.38. The predicted molar refractivity (Wildman–Crippen MR) is 80.8 cm³/mol. The number of nitrogens with one attached hydrogen (secondary N) is 1. The van der Waals surface area contributed by atoms with Crippen LogP contribution in [-0.2, 0) is 6.54 Å². The lowest BCUT2D eigenvalue weighted by Gasteiger charge is -2.12. The van der Waals surface area contributed by atoms with Crippen molar-refractivity contribution in [2.24, 2.45) is 0 Å². The fourth-order valence-electron chi connectivity index (χ4n) is 2.74. The maximum Gasteiger partial charge on any atom is 0.179 e. The van der Waals surface area contributed by atoms with Gasteiger partial charge in [-0.2, -0.15) is 0 Å². The van der Waals surface area contributed by atoms with Crippen molar-refractivity contribution in [3.63, 3.8) is 0 Å². The summed E-state index contributed by atoms with van der Waals surface area (Å²) in [5.41, 5.74) is 4.76. The van der Waals surface area contributed by atoms with E-state index in [1.165, 1.54) is 25.7 Å². The summed E-state index contributed by atoms with van der Waals surface area (Å²) in [4.78, 5) is 7.76. The number of fused-ring (bicyclic) bond motifs is 1. The summed E-state index contributed by atoms with van der Waals surface area (Å²) in [5.74, 6) is 0. The second-order valence-electron chi connectivity index (χ2n) is 5.32. The summed E-state index contributed by atoms with van der Waals surface area (Å²) in [7, 11) is 0. The van der Waals surface area contributed by atoms with Gasteiger partial charge in [-0.05, 0) is 62.9 Å². The van der Waals surface area contributed by atoms with Crippen LogP contribution < -0.4 is 0 Å². The molecule has 0 aromatic carbocycles. The van der Waals surface area contributed by atoms with E-state index in [2.05, 4.69) is 26.7 Å². The lowest BCUT2D eigenvalue weighted by atomic mass is 9.97. The van der Waals surface area contributed by atoms with Crippen molar-refractivity contribution in [3.8, 4) is 0 Å². The number of allylic oxidation sites excluding steroid dienone is 2. The first kappa shape index (κ1) is 12.6. The molecule has 1 aliphatic carbocycles. The zero-order valence-electron chi connectivity index (χ0n) is 11.3. The third-order valence-corrected chi connectivity index (χ3v) is 4.11.